The topological polar surface area (TPSA) is 112 Å². The quantitative estimate of drug-likeness (QED) is 0.0565. The number of aliphatic hydroxyl groups is 1. The Kier molecular flexibility index (Phi) is 9.64. The Labute approximate surface area is 231 Å². The van der Waals surface area contributed by atoms with Gasteiger partial charge in [-0.2, -0.15) is 0 Å². The SMILES string of the molecule is C=CC(=O)OCCCOc1ccc2cc(C(=O)Oc3ccc(C(OO)c4ccc(C)cc4)cc3CO)ccc2c1. The molecule has 1 atom stereocenters. The van der Waals surface area contributed by atoms with Crippen molar-refractivity contribution >= 4 is 22.7 Å². The minimum Gasteiger partial charge on any atom is -0.493 e. The van der Waals surface area contributed by atoms with Gasteiger partial charge in [0.15, 0.2) is 0 Å². The number of benzene rings is 4. The van der Waals surface area contributed by atoms with Crippen molar-refractivity contribution in [3.8, 4) is 11.5 Å². The van der Waals surface area contributed by atoms with Crippen LogP contribution < -0.4 is 9.47 Å². The van der Waals surface area contributed by atoms with Crippen LogP contribution in [-0.2, 0) is 21.0 Å². The molecule has 4 rings (SSSR count). The zero-order valence-electron chi connectivity index (χ0n) is 22.0. The van der Waals surface area contributed by atoms with Crippen LogP contribution in [-0.4, -0.2) is 35.5 Å². The Bertz CT molecular complexity index is 1490. The molecule has 0 heterocycles. The molecule has 8 heteroatoms. The number of aryl methyl sites for hydroxylation is 1. The van der Waals surface area contributed by atoms with E-state index in [0.29, 0.717) is 35.5 Å². The molecule has 0 spiro atoms. The fourth-order valence-electron chi connectivity index (χ4n) is 4.12. The van der Waals surface area contributed by atoms with Crippen molar-refractivity contribution in [3.05, 3.63) is 119 Å². The molecule has 0 fully saturated rings. The smallest absolute Gasteiger partial charge is 0.343 e. The lowest BCUT2D eigenvalue weighted by Gasteiger charge is -2.17. The molecule has 0 aliphatic carbocycles. The second kappa shape index (κ2) is 13.5. The van der Waals surface area contributed by atoms with Crippen molar-refractivity contribution in [1.29, 1.82) is 0 Å². The first-order valence-electron chi connectivity index (χ1n) is 12.7. The number of carbonyl (C=O) groups excluding carboxylic acids is 2. The van der Waals surface area contributed by atoms with Crippen LogP contribution in [0.4, 0.5) is 0 Å². The second-order valence-electron chi connectivity index (χ2n) is 9.11. The molecule has 1 unspecified atom stereocenters. The molecule has 8 nitrogen and oxygen atoms in total. The summed E-state index contributed by atoms with van der Waals surface area (Å²) in [5.41, 5.74) is 3.12. The van der Waals surface area contributed by atoms with Gasteiger partial charge in [0.05, 0.1) is 25.4 Å². The number of fused-ring (bicyclic) bond motifs is 1. The summed E-state index contributed by atoms with van der Waals surface area (Å²) in [6.07, 6.45) is 0.893. The van der Waals surface area contributed by atoms with Gasteiger partial charge >= 0.3 is 11.9 Å². The van der Waals surface area contributed by atoms with Gasteiger partial charge in [-0.1, -0.05) is 54.6 Å². The molecule has 4 aromatic rings. The molecule has 0 saturated heterocycles. The maximum atomic E-state index is 13.0. The van der Waals surface area contributed by atoms with Gasteiger partial charge in [-0.15, -0.1) is 0 Å². The Balaban J connectivity index is 1.43. The highest BCUT2D eigenvalue weighted by atomic mass is 17.1. The van der Waals surface area contributed by atoms with E-state index in [4.69, 9.17) is 19.1 Å². The number of ether oxygens (including phenoxy) is 3. The standard InChI is InChI=1S/C32H30O8/c1-3-30(34)38-16-4-15-37-28-13-11-23-17-26(10-9-24(23)19-28)32(35)39-29-14-12-25(18-27(29)20-33)31(40-36)22-7-5-21(2)6-8-22/h3,5-14,17-19,31,33,36H,1,4,15-16,20H2,2H3. The summed E-state index contributed by atoms with van der Waals surface area (Å²) < 4.78 is 16.3. The van der Waals surface area contributed by atoms with E-state index in [1.807, 2.05) is 43.3 Å². The van der Waals surface area contributed by atoms with Crippen LogP contribution in [0.2, 0.25) is 0 Å². The maximum Gasteiger partial charge on any atom is 0.343 e. The monoisotopic (exact) mass is 542 g/mol. The first kappa shape index (κ1) is 28.5. The molecule has 206 valence electrons. The van der Waals surface area contributed by atoms with Gasteiger partial charge < -0.3 is 19.3 Å². The van der Waals surface area contributed by atoms with Gasteiger partial charge in [-0.05, 0) is 65.2 Å². The number of hydrogen-bond acceptors (Lipinski definition) is 8. The third-order valence-electron chi connectivity index (χ3n) is 6.26. The molecule has 0 amide bonds. The van der Waals surface area contributed by atoms with Crippen molar-refractivity contribution in [2.24, 2.45) is 0 Å². The van der Waals surface area contributed by atoms with Gasteiger partial charge in [-0.25, -0.2) is 14.5 Å². The Hall–Kier alpha value is -4.50. The molecule has 4 aromatic carbocycles. The predicted octanol–water partition coefficient (Wildman–Crippen LogP) is 5.94. The minimum atomic E-state index is -0.764. The molecule has 2 N–H and O–H groups in total. The van der Waals surface area contributed by atoms with Crippen LogP contribution in [0.1, 0.15) is 45.1 Å². The molecular formula is C32H30O8. The number of aliphatic hydroxyl groups excluding tert-OH is 1. The molecule has 0 bridgehead atoms. The highest BCUT2D eigenvalue weighted by Gasteiger charge is 2.19. The minimum absolute atomic E-state index is 0.208. The summed E-state index contributed by atoms with van der Waals surface area (Å²) in [6, 6.07) is 23.1. The summed E-state index contributed by atoms with van der Waals surface area (Å²) >= 11 is 0. The van der Waals surface area contributed by atoms with E-state index in [0.717, 1.165) is 28.0 Å². The summed E-state index contributed by atoms with van der Waals surface area (Å²) in [7, 11) is 0. The largest absolute Gasteiger partial charge is 0.493 e. The van der Waals surface area contributed by atoms with E-state index in [1.165, 1.54) is 0 Å². The third-order valence-corrected chi connectivity index (χ3v) is 6.26. The lowest BCUT2D eigenvalue weighted by molar-refractivity contribution is -0.270. The molecule has 0 radical (unpaired) electrons. The van der Waals surface area contributed by atoms with E-state index < -0.39 is 18.0 Å². The summed E-state index contributed by atoms with van der Waals surface area (Å²) in [5.74, 6) is -0.180. The van der Waals surface area contributed by atoms with Crippen LogP contribution in [0.3, 0.4) is 0 Å². The van der Waals surface area contributed by atoms with Gasteiger partial charge in [0.2, 0.25) is 0 Å². The molecular weight excluding hydrogens is 512 g/mol. The van der Waals surface area contributed by atoms with Crippen molar-refractivity contribution in [1.82, 2.24) is 0 Å². The van der Waals surface area contributed by atoms with E-state index in [2.05, 4.69) is 6.58 Å². The first-order chi connectivity index (χ1) is 19.4. The van der Waals surface area contributed by atoms with Crippen molar-refractivity contribution in [2.75, 3.05) is 13.2 Å². The van der Waals surface area contributed by atoms with Crippen molar-refractivity contribution < 1.29 is 39.1 Å². The average molecular weight is 543 g/mol. The molecule has 0 saturated carbocycles. The van der Waals surface area contributed by atoms with Gasteiger partial charge in [0, 0.05) is 18.1 Å². The second-order valence-corrected chi connectivity index (χ2v) is 9.11. The lowest BCUT2D eigenvalue weighted by Crippen LogP contribution is -2.11. The Morgan fingerprint density at radius 3 is 2.35 bits per heavy atom. The van der Waals surface area contributed by atoms with Crippen molar-refractivity contribution in [2.45, 2.75) is 26.1 Å². The maximum absolute atomic E-state index is 13.0. The molecule has 40 heavy (non-hydrogen) atoms. The fraction of sp³-hybridized carbons (Fsp3) is 0.188. The summed E-state index contributed by atoms with van der Waals surface area (Å²) in [6.45, 7) is 5.56. The molecule has 0 aliphatic rings. The van der Waals surface area contributed by atoms with Crippen LogP contribution in [0.5, 0.6) is 11.5 Å². The van der Waals surface area contributed by atoms with Gasteiger partial charge in [-0.3, -0.25) is 5.26 Å². The fourth-order valence-corrected chi connectivity index (χ4v) is 4.12. The van der Waals surface area contributed by atoms with Crippen LogP contribution in [0.15, 0.2) is 91.5 Å². The van der Waals surface area contributed by atoms with E-state index in [-0.39, 0.29) is 19.0 Å². The highest BCUT2D eigenvalue weighted by molar-refractivity contribution is 5.96. The third kappa shape index (κ3) is 7.12. The summed E-state index contributed by atoms with van der Waals surface area (Å²) in [4.78, 5) is 28.8. The number of carbonyl (C=O) groups is 2. The average Bonchev–Trinajstić information content (AvgIpc) is 2.98. The highest BCUT2D eigenvalue weighted by Crippen LogP contribution is 2.31. The van der Waals surface area contributed by atoms with Crippen LogP contribution in [0, 0.1) is 6.92 Å². The molecule has 0 aromatic heterocycles. The Morgan fingerprint density at radius 1 is 0.900 bits per heavy atom. The van der Waals surface area contributed by atoms with Crippen LogP contribution in [0.25, 0.3) is 10.8 Å². The van der Waals surface area contributed by atoms with Gasteiger partial charge in [0.1, 0.15) is 17.6 Å². The van der Waals surface area contributed by atoms with Gasteiger partial charge in [0.25, 0.3) is 0 Å². The zero-order chi connectivity index (χ0) is 28.5. The van der Waals surface area contributed by atoms with Crippen LogP contribution >= 0.6 is 0 Å². The predicted molar refractivity (Wildman–Crippen MR) is 149 cm³/mol. The van der Waals surface area contributed by atoms with Crippen molar-refractivity contribution in [3.63, 3.8) is 0 Å². The number of esters is 2. The number of rotatable bonds is 12. The van der Waals surface area contributed by atoms with E-state index in [1.54, 1.807) is 42.5 Å². The Morgan fingerprint density at radius 2 is 1.62 bits per heavy atom. The van der Waals surface area contributed by atoms with E-state index in [9.17, 15) is 20.0 Å². The first-order valence-corrected chi connectivity index (χ1v) is 12.7. The number of hydrogen-bond donors (Lipinski definition) is 2. The van der Waals surface area contributed by atoms with E-state index >= 15 is 0 Å². The summed E-state index contributed by atoms with van der Waals surface area (Å²) in [5, 5.41) is 21.2. The lowest BCUT2D eigenvalue weighted by atomic mass is 9.98. The normalized spacial score (nSPS) is 11.6. The molecule has 0 aliphatic heterocycles. The zero-order valence-corrected chi connectivity index (χ0v) is 22.0.